The van der Waals surface area contributed by atoms with Crippen molar-refractivity contribution < 1.29 is 14.3 Å². The molecule has 1 amide bonds. The summed E-state index contributed by atoms with van der Waals surface area (Å²) in [6, 6.07) is 10.7. The topological polar surface area (TPSA) is 84.4 Å². The number of hydrogen-bond donors (Lipinski definition) is 1. The fourth-order valence-corrected chi connectivity index (χ4v) is 3.50. The van der Waals surface area contributed by atoms with Crippen LogP contribution in [0.15, 0.2) is 42.6 Å². The molecule has 0 unspecified atom stereocenters. The van der Waals surface area contributed by atoms with Crippen molar-refractivity contribution in [2.24, 2.45) is 0 Å². The molecule has 0 spiro atoms. The first-order valence-electron chi connectivity index (χ1n) is 9.19. The van der Waals surface area contributed by atoms with Crippen LogP contribution in [0.2, 0.25) is 5.02 Å². The zero-order valence-corrected chi connectivity index (χ0v) is 16.6. The zero-order valence-electron chi connectivity index (χ0n) is 15.8. The standard InChI is InChI=1S/C21H19ClN4O3/c1-26-9-8-17-15(11-26)20(14-4-2-3-5-16(14)24-17)21(28)29-12-19(27)25-18-7-6-13(22)10-23-18/h2-7,10H,8-9,11-12H2,1H3,(H,23,25,27). The predicted octanol–water partition coefficient (Wildman–Crippen LogP) is 3.07. The van der Waals surface area contributed by atoms with E-state index in [1.165, 1.54) is 6.20 Å². The van der Waals surface area contributed by atoms with Crippen molar-refractivity contribution in [1.29, 1.82) is 0 Å². The number of ether oxygens (including phenoxy) is 1. The second-order valence-corrected chi connectivity index (χ2v) is 7.34. The van der Waals surface area contributed by atoms with Gasteiger partial charge in [-0.3, -0.25) is 9.78 Å². The average molecular weight is 411 g/mol. The number of nitrogens with zero attached hydrogens (tertiary/aromatic N) is 3. The third-order valence-electron chi connectivity index (χ3n) is 4.77. The molecular formula is C21H19ClN4O3. The van der Waals surface area contributed by atoms with Gasteiger partial charge in [-0.25, -0.2) is 9.78 Å². The van der Waals surface area contributed by atoms with Crippen molar-refractivity contribution >= 4 is 40.2 Å². The molecule has 1 aromatic carbocycles. The van der Waals surface area contributed by atoms with Gasteiger partial charge in [-0.05, 0) is 25.2 Å². The molecule has 8 heteroatoms. The van der Waals surface area contributed by atoms with Gasteiger partial charge in [0.25, 0.3) is 5.91 Å². The first-order valence-corrected chi connectivity index (χ1v) is 9.56. The summed E-state index contributed by atoms with van der Waals surface area (Å²) >= 11 is 5.78. The number of amides is 1. The number of carbonyl (C=O) groups excluding carboxylic acids is 2. The van der Waals surface area contributed by atoms with E-state index in [4.69, 9.17) is 21.3 Å². The molecule has 0 saturated carbocycles. The van der Waals surface area contributed by atoms with Crippen molar-refractivity contribution in [1.82, 2.24) is 14.9 Å². The minimum atomic E-state index is -0.533. The second kappa shape index (κ2) is 8.14. The molecular weight excluding hydrogens is 392 g/mol. The minimum Gasteiger partial charge on any atom is -0.452 e. The number of fused-ring (bicyclic) bond motifs is 2. The number of pyridine rings is 2. The van der Waals surface area contributed by atoms with Crippen molar-refractivity contribution in [3.8, 4) is 0 Å². The van der Waals surface area contributed by atoms with E-state index in [1.54, 1.807) is 12.1 Å². The SMILES string of the molecule is CN1CCc2nc3ccccc3c(C(=O)OCC(=O)Nc3ccc(Cl)cn3)c2C1. The van der Waals surface area contributed by atoms with Gasteiger partial charge < -0.3 is 15.0 Å². The van der Waals surface area contributed by atoms with Crippen LogP contribution in [0.5, 0.6) is 0 Å². The van der Waals surface area contributed by atoms with Crippen LogP contribution >= 0.6 is 11.6 Å². The number of esters is 1. The third kappa shape index (κ3) is 4.21. The highest BCUT2D eigenvalue weighted by Gasteiger charge is 2.25. The lowest BCUT2D eigenvalue weighted by atomic mass is 9.96. The van der Waals surface area contributed by atoms with Crippen LogP contribution in [0, 0.1) is 0 Å². The van der Waals surface area contributed by atoms with Gasteiger partial charge in [-0.2, -0.15) is 0 Å². The van der Waals surface area contributed by atoms with E-state index < -0.39 is 18.5 Å². The number of aromatic nitrogens is 2. The molecule has 148 valence electrons. The Kier molecular flexibility index (Phi) is 5.42. The van der Waals surface area contributed by atoms with Crippen LogP contribution in [0.25, 0.3) is 10.9 Å². The second-order valence-electron chi connectivity index (χ2n) is 6.90. The van der Waals surface area contributed by atoms with Crippen LogP contribution in [0.3, 0.4) is 0 Å². The van der Waals surface area contributed by atoms with Gasteiger partial charge in [-0.15, -0.1) is 0 Å². The van der Waals surface area contributed by atoms with Gasteiger partial charge >= 0.3 is 5.97 Å². The molecule has 3 heterocycles. The van der Waals surface area contributed by atoms with E-state index in [9.17, 15) is 9.59 Å². The molecule has 1 aliphatic heterocycles. The first-order chi connectivity index (χ1) is 14.0. The Labute approximate surface area is 172 Å². The van der Waals surface area contributed by atoms with Gasteiger partial charge in [0, 0.05) is 42.4 Å². The molecule has 2 aromatic heterocycles. The highest BCUT2D eigenvalue weighted by molar-refractivity contribution is 6.30. The fraction of sp³-hybridized carbons (Fsp3) is 0.238. The number of carbonyl (C=O) groups is 2. The number of rotatable bonds is 4. The molecule has 4 rings (SSSR count). The molecule has 7 nitrogen and oxygen atoms in total. The molecule has 29 heavy (non-hydrogen) atoms. The summed E-state index contributed by atoms with van der Waals surface area (Å²) in [6.07, 6.45) is 2.19. The number of benzene rings is 1. The van der Waals surface area contributed by atoms with Crippen LogP contribution < -0.4 is 5.32 Å². The molecule has 0 atom stereocenters. The highest BCUT2D eigenvalue weighted by atomic mass is 35.5. The molecule has 1 aliphatic rings. The Morgan fingerprint density at radius 2 is 2.07 bits per heavy atom. The third-order valence-corrected chi connectivity index (χ3v) is 4.99. The van der Waals surface area contributed by atoms with Gasteiger partial charge in [0.05, 0.1) is 16.1 Å². The summed E-state index contributed by atoms with van der Waals surface area (Å²) in [5, 5.41) is 3.77. The van der Waals surface area contributed by atoms with Gasteiger partial charge in [-0.1, -0.05) is 29.8 Å². The van der Waals surface area contributed by atoms with Gasteiger partial charge in [0.1, 0.15) is 5.82 Å². The number of hydrogen-bond acceptors (Lipinski definition) is 6. The summed E-state index contributed by atoms with van der Waals surface area (Å²) in [5.41, 5.74) is 3.00. The van der Waals surface area contributed by atoms with Gasteiger partial charge in [0.15, 0.2) is 6.61 Å². The lowest BCUT2D eigenvalue weighted by Crippen LogP contribution is -2.30. The fourth-order valence-electron chi connectivity index (χ4n) is 3.39. The smallest absolute Gasteiger partial charge is 0.339 e. The molecule has 0 fully saturated rings. The summed E-state index contributed by atoms with van der Waals surface area (Å²) in [6.45, 7) is 1.08. The molecule has 3 aromatic rings. The van der Waals surface area contributed by atoms with Crippen molar-refractivity contribution in [3.05, 3.63) is 64.4 Å². The van der Waals surface area contributed by atoms with Crippen LogP contribution in [0.1, 0.15) is 21.6 Å². The molecule has 1 N–H and O–H groups in total. The Morgan fingerprint density at radius 3 is 2.86 bits per heavy atom. The largest absolute Gasteiger partial charge is 0.452 e. The highest BCUT2D eigenvalue weighted by Crippen LogP contribution is 2.28. The average Bonchev–Trinajstić information content (AvgIpc) is 2.72. The van der Waals surface area contributed by atoms with Crippen molar-refractivity contribution in [2.75, 3.05) is 25.5 Å². The van der Waals surface area contributed by atoms with E-state index in [0.717, 1.165) is 35.1 Å². The van der Waals surface area contributed by atoms with E-state index in [2.05, 4.69) is 15.2 Å². The lowest BCUT2D eigenvalue weighted by molar-refractivity contribution is -0.119. The van der Waals surface area contributed by atoms with Crippen molar-refractivity contribution in [2.45, 2.75) is 13.0 Å². The molecule has 0 saturated heterocycles. The summed E-state index contributed by atoms with van der Waals surface area (Å²) in [5.74, 6) is -0.671. The van der Waals surface area contributed by atoms with E-state index in [-0.39, 0.29) is 0 Å². The summed E-state index contributed by atoms with van der Waals surface area (Å²) in [7, 11) is 2.00. The number of para-hydroxylation sites is 1. The maximum absolute atomic E-state index is 13.0. The summed E-state index contributed by atoms with van der Waals surface area (Å²) < 4.78 is 5.34. The Balaban J connectivity index is 1.55. The number of likely N-dealkylation sites (N-methyl/N-ethyl adjacent to an activating group) is 1. The van der Waals surface area contributed by atoms with Gasteiger partial charge in [0.2, 0.25) is 0 Å². The molecule has 0 bridgehead atoms. The maximum atomic E-state index is 13.0. The normalized spacial score (nSPS) is 13.7. The Morgan fingerprint density at radius 1 is 1.24 bits per heavy atom. The lowest BCUT2D eigenvalue weighted by Gasteiger charge is -2.26. The van der Waals surface area contributed by atoms with Crippen LogP contribution in [0.4, 0.5) is 5.82 Å². The number of halogens is 1. The summed E-state index contributed by atoms with van der Waals surface area (Å²) in [4.78, 5) is 36.0. The minimum absolute atomic E-state index is 0.337. The zero-order chi connectivity index (χ0) is 20.4. The van der Waals surface area contributed by atoms with Crippen LogP contribution in [-0.2, 0) is 22.5 Å². The van der Waals surface area contributed by atoms with E-state index >= 15 is 0 Å². The number of anilines is 1. The quantitative estimate of drug-likeness (QED) is 0.665. The predicted molar refractivity (Wildman–Crippen MR) is 110 cm³/mol. The van der Waals surface area contributed by atoms with E-state index in [0.29, 0.717) is 22.9 Å². The van der Waals surface area contributed by atoms with Crippen molar-refractivity contribution in [3.63, 3.8) is 0 Å². The Hall–Kier alpha value is -3.03. The first kappa shape index (κ1) is 19.3. The maximum Gasteiger partial charge on any atom is 0.339 e. The molecule has 0 aliphatic carbocycles. The molecule has 0 radical (unpaired) electrons. The Bertz CT molecular complexity index is 1090. The monoisotopic (exact) mass is 410 g/mol. The van der Waals surface area contributed by atoms with Crippen LogP contribution in [-0.4, -0.2) is 46.9 Å². The number of nitrogens with one attached hydrogen (secondary N) is 1. The van der Waals surface area contributed by atoms with E-state index in [1.807, 2.05) is 31.3 Å².